The van der Waals surface area contributed by atoms with E-state index in [-0.39, 0.29) is 31.0 Å². The maximum absolute atomic E-state index is 12.9. The highest BCUT2D eigenvalue weighted by Crippen LogP contribution is 2.19. The van der Waals surface area contributed by atoms with Gasteiger partial charge in [0, 0.05) is 5.69 Å². The van der Waals surface area contributed by atoms with Crippen molar-refractivity contribution < 1.29 is 14.3 Å². The molecule has 0 aromatic carbocycles. The predicted molar refractivity (Wildman–Crippen MR) is 110 cm³/mol. The van der Waals surface area contributed by atoms with Crippen molar-refractivity contribution in [2.45, 2.75) is 40.4 Å². The molecular formula is C20H24N4O6. The molecule has 0 radical (unpaired) electrons. The van der Waals surface area contributed by atoms with Gasteiger partial charge in [-0.25, -0.2) is 32.9 Å². The molecule has 0 fully saturated rings. The van der Waals surface area contributed by atoms with Crippen molar-refractivity contribution in [1.29, 1.82) is 0 Å². The third kappa shape index (κ3) is 4.02. The molecular weight excluding hydrogens is 392 g/mol. The van der Waals surface area contributed by atoms with Crippen molar-refractivity contribution in [2.24, 2.45) is 0 Å². The van der Waals surface area contributed by atoms with E-state index in [1.165, 1.54) is 12.2 Å². The van der Waals surface area contributed by atoms with Gasteiger partial charge in [-0.3, -0.25) is 4.79 Å². The number of aryl methyl sites for hydroxylation is 1. The molecule has 10 heteroatoms. The summed E-state index contributed by atoms with van der Waals surface area (Å²) in [7, 11) is 0. The Bertz CT molecular complexity index is 1140. The van der Waals surface area contributed by atoms with Crippen LogP contribution >= 0.6 is 0 Å². The molecule has 2 aromatic heterocycles. The average molecular weight is 416 g/mol. The molecule has 0 saturated carbocycles. The minimum atomic E-state index is -0.926. The molecule has 0 bridgehead atoms. The summed E-state index contributed by atoms with van der Waals surface area (Å²) in [6.45, 7) is 11.2. The molecule has 0 atom stereocenters. The van der Waals surface area contributed by atoms with E-state index in [1.807, 2.05) is 0 Å². The molecule has 0 aliphatic rings. The second kappa shape index (κ2) is 9.21. The van der Waals surface area contributed by atoms with E-state index in [4.69, 9.17) is 4.74 Å². The third-order valence-electron chi connectivity index (χ3n) is 4.51. The van der Waals surface area contributed by atoms with Crippen molar-refractivity contribution in [3.63, 3.8) is 0 Å². The zero-order valence-corrected chi connectivity index (χ0v) is 17.2. The fourth-order valence-corrected chi connectivity index (χ4v) is 3.15. The van der Waals surface area contributed by atoms with Gasteiger partial charge in [-0.1, -0.05) is 12.2 Å². The van der Waals surface area contributed by atoms with Crippen LogP contribution in [0.15, 0.2) is 39.7 Å². The first-order chi connectivity index (χ1) is 14.2. The minimum Gasteiger partial charge on any atom is -0.462 e. The Balaban J connectivity index is 2.58. The van der Waals surface area contributed by atoms with Gasteiger partial charge in [0.05, 0.1) is 37.5 Å². The second-order valence-corrected chi connectivity index (χ2v) is 6.50. The van der Waals surface area contributed by atoms with Crippen molar-refractivity contribution >= 4 is 11.8 Å². The van der Waals surface area contributed by atoms with Gasteiger partial charge < -0.3 is 9.72 Å². The van der Waals surface area contributed by atoms with Crippen LogP contribution in [0.4, 0.5) is 0 Å². The number of ketones is 1. The zero-order chi connectivity index (χ0) is 22.6. The first kappa shape index (κ1) is 22.6. The fourth-order valence-electron chi connectivity index (χ4n) is 3.15. The number of rotatable bonds is 9. The highest BCUT2D eigenvalue weighted by atomic mass is 16.5. The topological polar surface area (TPSA) is 125 Å². The molecule has 0 aliphatic carbocycles. The van der Waals surface area contributed by atoms with Gasteiger partial charge in [0.1, 0.15) is 0 Å². The van der Waals surface area contributed by atoms with Gasteiger partial charge in [0.15, 0.2) is 5.78 Å². The molecule has 0 saturated heterocycles. The van der Waals surface area contributed by atoms with Crippen LogP contribution < -0.4 is 17.1 Å². The van der Waals surface area contributed by atoms with E-state index in [9.17, 15) is 24.0 Å². The normalized spacial score (nSPS) is 10.6. The van der Waals surface area contributed by atoms with Gasteiger partial charge in [-0.15, -0.1) is 13.2 Å². The largest absolute Gasteiger partial charge is 0.462 e. The number of nitrogens with zero attached hydrogens (tertiary/aromatic N) is 3. The maximum atomic E-state index is 12.9. The lowest BCUT2D eigenvalue weighted by atomic mass is 10.1. The van der Waals surface area contributed by atoms with Crippen LogP contribution in [-0.2, 0) is 24.4 Å². The van der Waals surface area contributed by atoms with Crippen molar-refractivity contribution in [3.8, 4) is 0 Å². The van der Waals surface area contributed by atoms with Crippen molar-refractivity contribution in [2.75, 3.05) is 6.61 Å². The lowest BCUT2D eigenvalue weighted by Crippen LogP contribution is -2.55. The number of allylic oxidation sites excluding steroid dienone is 2. The van der Waals surface area contributed by atoms with Gasteiger partial charge in [-0.05, 0) is 26.3 Å². The van der Waals surface area contributed by atoms with Crippen LogP contribution in [-0.4, -0.2) is 37.0 Å². The fraction of sp³-hybridized carbons (Fsp3) is 0.350. The summed E-state index contributed by atoms with van der Waals surface area (Å²) < 4.78 is 7.29. The smallest absolute Gasteiger partial charge is 0.340 e. The highest BCUT2D eigenvalue weighted by Gasteiger charge is 2.24. The number of carbonyl (C=O) groups excluding carboxylic acids is 2. The SMILES string of the molecule is C=CCn1c(=O)n(CC=C)c(=O)n(CC(=O)c2[nH]c(C)c(C(=O)OCC)c2C)c1=O. The second-order valence-electron chi connectivity index (χ2n) is 6.50. The molecule has 10 nitrogen and oxygen atoms in total. The predicted octanol–water partition coefficient (Wildman–Crippen LogP) is 0.548. The number of H-pyrrole nitrogens is 1. The van der Waals surface area contributed by atoms with E-state index in [2.05, 4.69) is 18.1 Å². The lowest BCUT2D eigenvalue weighted by molar-refractivity contribution is 0.0525. The van der Waals surface area contributed by atoms with Crippen LogP contribution in [0.25, 0.3) is 0 Å². The van der Waals surface area contributed by atoms with E-state index < -0.39 is 35.4 Å². The number of esters is 1. The number of hydrogen-bond acceptors (Lipinski definition) is 6. The Morgan fingerprint density at radius 3 is 1.93 bits per heavy atom. The number of ether oxygens (including phenoxy) is 1. The standard InChI is InChI=1S/C20H24N4O6/c1-6-9-22-18(27)23(10-7-2)20(29)24(19(22)28)11-14(25)16-12(4)15(13(5)21-16)17(26)30-8-3/h6-7,21H,1-2,8-11H2,3-5H3. The Morgan fingerprint density at radius 1 is 0.967 bits per heavy atom. The third-order valence-corrected chi connectivity index (χ3v) is 4.51. The van der Waals surface area contributed by atoms with Crippen LogP contribution in [0.1, 0.15) is 39.0 Å². The number of nitrogens with one attached hydrogen (secondary N) is 1. The molecule has 2 rings (SSSR count). The Morgan fingerprint density at radius 2 is 1.47 bits per heavy atom. The molecule has 2 heterocycles. The van der Waals surface area contributed by atoms with Crippen molar-refractivity contribution in [3.05, 3.63) is 79.3 Å². The quantitative estimate of drug-likeness (QED) is 0.361. The Kier molecular flexibility index (Phi) is 6.93. The Labute approximate surface area is 171 Å². The van der Waals surface area contributed by atoms with Crippen LogP contribution in [0, 0.1) is 13.8 Å². The van der Waals surface area contributed by atoms with E-state index in [0.29, 0.717) is 15.8 Å². The number of aromatic nitrogens is 4. The van der Waals surface area contributed by atoms with Crippen molar-refractivity contribution in [1.82, 2.24) is 18.7 Å². The molecule has 0 unspecified atom stereocenters. The summed E-state index contributed by atoms with van der Waals surface area (Å²) in [5, 5.41) is 0. The molecule has 0 spiro atoms. The lowest BCUT2D eigenvalue weighted by Gasteiger charge is -2.11. The molecule has 2 aromatic rings. The highest BCUT2D eigenvalue weighted by molar-refractivity contribution is 6.01. The van der Waals surface area contributed by atoms with Gasteiger partial charge in [0.25, 0.3) is 0 Å². The van der Waals surface area contributed by atoms with Crippen LogP contribution in [0.3, 0.4) is 0 Å². The average Bonchev–Trinajstić information content (AvgIpc) is 3.00. The van der Waals surface area contributed by atoms with Gasteiger partial charge in [0.2, 0.25) is 0 Å². The molecule has 1 N–H and O–H groups in total. The number of Topliss-reactive ketones (excluding diaryl/α,β-unsaturated/α-hetero) is 1. The molecule has 30 heavy (non-hydrogen) atoms. The van der Waals surface area contributed by atoms with E-state index >= 15 is 0 Å². The first-order valence-corrected chi connectivity index (χ1v) is 9.25. The van der Waals surface area contributed by atoms with Gasteiger partial charge in [-0.2, -0.15) is 0 Å². The summed E-state index contributed by atoms with van der Waals surface area (Å²) in [4.78, 5) is 65.6. The summed E-state index contributed by atoms with van der Waals surface area (Å²) in [5.74, 6) is -1.17. The summed E-state index contributed by atoms with van der Waals surface area (Å²) >= 11 is 0. The molecule has 0 aliphatic heterocycles. The van der Waals surface area contributed by atoms with E-state index in [0.717, 1.165) is 9.13 Å². The van der Waals surface area contributed by atoms with Crippen LogP contribution in [0.5, 0.6) is 0 Å². The van der Waals surface area contributed by atoms with Crippen LogP contribution in [0.2, 0.25) is 0 Å². The Hall–Kier alpha value is -3.69. The number of hydrogen-bond donors (Lipinski definition) is 1. The first-order valence-electron chi connectivity index (χ1n) is 9.25. The summed E-state index contributed by atoms with van der Waals surface area (Å²) in [6.07, 6.45) is 2.67. The number of aromatic amines is 1. The van der Waals surface area contributed by atoms with Gasteiger partial charge >= 0.3 is 23.0 Å². The van der Waals surface area contributed by atoms with E-state index in [1.54, 1.807) is 20.8 Å². The zero-order valence-electron chi connectivity index (χ0n) is 17.2. The molecule has 0 amide bonds. The summed E-state index contributed by atoms with van der Waals surface area (Å²) in [5.41, 5.74) is -1.57. The summed E-state index contributed by atoms with van der Waals surface area (Å²) in [6, 6.07) is 0. The molecule has 160 valence electrons. The monoisotopic (exact) mass is 416 g/mol. The minimum absolute atomic E-state index is 0.0820. The maximum Gasteiger partial charge on any atom is 0.340 e. The number of carbonyl (C=O) groups is 2.